The van der Waals surface area contributed by atoms with E-state index in [1.165, 1.54) is 0 Å². The Morgan fingerprint density at radius 2 is 2.20 bits per heavy atom. The molecule has 3 atom stereocenters. The normalized spacial score (nSPS) is 30.5. The topological polar surface area (TPSA) is 69.6 Å². The molecule has 4 heteroatoms. The summed E-state index contributed by atoms with van der Waals surface area (Å²) in [6.07, 6.45) is 3.28. The summed E-state index contributed by atoms with van der Waals surface area (Å²) in [6.45, 7) is 2.05. The van der Waals surface area contributed by atoms with Crippen molar-refractivity contribution in [1.29, 1.82) is 0 Å². The molecule has 0 aromatic rings. The van der Waals surface area contributed by atoms with E-state index in [1.54, 1.807) is 0 Å². The van der Waals surface area contributed by atoms with Gasteiger partial charge in [-0.05, 0) is 19.3 Å². The summed E-state index contributed by atoms with van der Waals surface area (Å²) in [5.41, 5.74) is 0. The zero-order valence-corrected chi connectivity index (χ0v) is 9.28. The van der Waals surface area contributed by atoms with Gasteiger partial charge in [0.2, 0.25) is 5.91 Å². The highest BCUT2D eigenvalue weighted by molar-refractivity contribution is 5.76. The zero-order valence-electron chi connectivity index (χ0n) is 9.28. The molecule has 1 amide bonds. The molecule has 0 radical (unpaired) electrons. The van der Waals surface area contributed by atoms with E-state index in [0.29, 0.717) is 19.3 Å². The molecule has 0 heterocycles. The number of hydrogen-bond acceptors (Lipinski definition) is 3. The predicted octanol–water partition coefficient (Wildman–Crippen LogP) is 0.425. The van der Waals surface area contributed by atoms with Crippen LogP contribution in [-0.4, -0.2) is 34.9 Å². The van der Waals surface area contributed by atoms with Crippen molar-refractivity contribution in [3.8, 4) is 0 Å². The first-order chi connectivity index (χ1) is 7.17. The van der Waals surface area contributed by atoms with E-state index >= 15 is 0 Å². The van der Waals surface area contributed by atoms with Crippen LogP contribution in [0.15, 0.2) is 0 Å². The number of carbonyl (C=O) groups is 1. The lowest BCUT2D eigenvalue weighted by Crippen LogP contribution is -2.33. The molecule has 1 rings (SSSR count). The van der Waals surface area contributed by atoms with Crippen LogP contribution >= 0.6 is 0 Å². The van der Waals surface area contributed by atoms with Gasteiger partial charge in [-0.25, -0.2) is 0 Å². The van der Waals surface area contributed by atoms with E-state index in [2.05, 4.69) is 5.32 Å². The fourth-order valence-corrected chi connectivity index (χ4v) is 2.05. The molecule has 1 aliphatic rings. The van der Waals surface area contributed by atoms with Gasteiger partial charge in [-0.1, -0.05) is 13.3 Å². The molecular formula is C11H21NO3. The fourth-order valence-electron chi connectivity index (χ4n) is 2.05. The van der Waals surface area contributed by atoms with Crippen LogP contribution in [0, 0.1) is 5.92 Å². The Morgan fingerprint density at radius 3 is 2.73 bits per heavy atom. The van der Waals surface area contributed by atoms with E-state index in [1.807, 2.05) is 6.92 Å². The van der Waals surface area contributed by atoms with Crippen molar-refractivity contribution in [2.24, 2.45) is 5.92 Å². The average molecular weight is 215 g/mol. The minimum absolute atomic E-state index is 0.00248. The van der Waals surface area contributed by atoms with Gasteiger partial charge in [0.1, 0.15) is 0 Å². The molecule has 0 bridgehead atoms. The second kappa shape index (κ2) is 6.08. The fraction of sp³-hybridized carbons (Fsp3) is 0.909. The van der Waals surface area contributed by atoms with Crippen molar-refractivity contribution in [3.05, 3.63) is 0 Å². The van der Waals surface area contributed by atoms with Gasteiger partial charge in [0.15, 0.2) is 0 Å². The molecule has 0 aliphatic heterocycles. The number of amides is 1. The molecule has 1 saturated carbocycles. The van der Waals surface area contributed by atoms with Crippen LogP contribution in [0.2, 0.25) is 0 Å². The highest BCUT2D eigenvalue weighted by atomic mass is 16.3. The molecule has 0 spiro atoms. The second-order valence-corrected chi connectivity index (χ2v) is 4.35. The van der Waals surface area contributed by atoms with Crippen molar-refractivity contribution < 1.29 is 15.0 Å². The highest BCUT2D eigenvalue weighted by Gasteiger charge is 2.32. The number of aliphatic hydroxyl groups is 2. The lowest BCUT2D eigenvalue weighted by atomic mass is 10.1. The van der Waals surface area contributed by atoms with Crippen LogP contribution in [0.1, 0.15) is 39.0 Å². The molecule has 0 aromatic carbocycles. The van der Waals surface area contributed by atoms with E-state index in [0.717, 1.165) is 12.8 Å². The molecule has 1 aliphatic carbocycles. The number of carbonyl (C=O) groups excluding carboxylic acids is 1. The van der Waals surface area contributed by atoms with Gasteiger partial charge >= 0.3 is 0 Å². The Kier molecular flexibility index (Phi) is 5.05. The Balaban J connectivity index is 2.25. The molecule has 15 heavy (non-hydrogen) atoms. The monoisotopic (exact) mass is 215 g/mol. The zero-order chi connectivity index (χ0) is 11.3. The van der Waals surface area contributed by atoms with Gasteiger partial charge in [0.25, 0.3) is 0 Å². The molecule has 4 nitrogen and oxygen atoms in total. The maximum atomic E-state index is 11.4. The standard InChI is InChI=1S/C11H21NO3/c1-2-3-4-11(15)12-9-5-8(7-13)10(14)6-9/h8-10,13-14H,2-7H2,1H3,(H,12,15)/t8-,9+,10-/m1/s1. The van der Waals surface area contributed by atoms with E-state index in [4.69, 9.17) is 5.11 Å². The third-order valence-corrected chi connectivity index (χ3v) is 3.01. The number of aliphatic hydroxyl groups excluding tert-OH is 2. The van der Waals surface area contributed by atoms with Crippen LogP contribution in [0.25, 0.3) is 0 Å². The Labute approximate surface area is 90.7 Å². The third-order valence-electron chi connectivity index (χ3n) is 3.01. The number of nitrogens with one attached hydrogen (secondary N) is 1. The lowest BCUT2D eigenvalue weighted by molar-refractivity contribution is -0.121. The van der Waals surface area contributed by atoms with Gasteiger partial charge in [-0.15, -0.1) is 0 Å². The summed E-state index contributed by atoms with van der Waals surface area (Å²) in [4.78, 5) is 11.4. The maximum absolute atomic E-state index is 11.4. The summed E-state index contributed by atoms with van der Waals surface area (Å²) in [7, 11) is 0. The number of rotatable bonds is 5. The Morgan fingerprint density at radius 1 is 1.47 bits per heavy atom. The predicted molar refractivity (Wildman–Crippen MR) is 57.3 cm³/mol. The molecule has 0 saturated heterocycles. The first-order valence-corrected chi connectivity index (χ1v) is 5.75. The minimum atomic E-state index is -0.466. The Bertz CT molecular complexity index is 208. The van der Waals surface area contributed by atoms with Crippen LogP contribution in [0.5, 0.6) is 0 Å². The second-order valence-electron chi connectivity index (χ2n) is 4.35. The summed E-state index contributed by atoms with van der Waals surface area (Å²) in [5, 5.41) is 21.4. The summed E-state index contributed by atoms with van der Waals surface area (Å²) < 4.78 is 0. The largest absolute Gasteiger partial charge is 0.396 e. The van der Waals surface area contributed by atoms with Crippen LogP contribution in [-0.2, 0) is 4.79 Å². The number of unbranched alkanes of at least 4 members (excludes halogenated alkanes) is 1. The van der Waals surface area contributed by atoms with Crippen molar-refractivity contribution in [1.82, 2.24) is 5.32 Å². The minimum Gasteiger partial charge on any atom is -0.396 e. The van der Waals surface area contributed by atoms with Gasteiger partial charge in [-0.2, -0.15) is 0 Å². The highest BCUT2D eigenvalue weighted by Crippen LogP contribution is 2.25. The van der Waals surface area contributed by atoms with Gasteiger partial charge in [0.05, 0.1) is 6.10 Å². The van der Waals surface area contributed by atoms with Crippen molar-refractivity contribution in [3.63, 3.8) is 0 Å². The molecule has 3 N–H and O–H groups in total. The molecule has 0 aromatic heterocycles. The van der Waals surface area contributed by atoms with Crippen LogP contribution in [0.4, 0.5) is 0 Å². The van der Waals surface area contributed by atoms with Gasteiger partial charge < -0.3 is 15.5 Å². The Hall–Kier alpha value is -0.610. The summed E-state index contributed by atoms with van der Waals surface area (Å²) in [5.74, 6) is -0.00545. The summed E-state index contributed by atoms with van der Waals surface area (Å²) >= 11 is 0. The smallest absolute Gasteiger partial charge is 0.220 e. The SMILES string of the molecule is CCCCC(=O)N[C@H]1C[C@H](CO)[C@H](O)C1. The van der Waals surface area contributed by atoms with Crippen molar-refractivity contribution in [2.45, 2.75) is 51.2 Å². The van der Waals surface area contributed by atoms with Crippen LogP contribution < -0.4 is 5.32 Å². The van der Waals surface area contributed by atoms with E-state index in [-0.39, 0.29) is 24.5 Å². The average Bonchev–Trinajstić information content (AvgIpc) is 2.55. The van der Waals surface area contributed by atoms with Gasteiger partial charge in [0, 0.05) is 25.0 Å². The number of hydrogen-bond donors (Lipinski definition) is 3. The van der Waals surface area contributed by atoms with E-state index < -0.39 is 6.10 Å². The van der Waals surface area contributed by atoms with Crippen LogP contribution in [0.3, 0.4) is 0 Å². The van der Waals surface area contributed by atoms with Crippen molar-refractivity contribution in [2.75, 3.05) is 6.61 Å². The third kappa shape index (κ3) is 3.80. The molecule has 88 valence electrons. The van der Waals surface area contributed by atoms with Gasteiger partial charge in [-0.3, -0.25) is 4.79 Å². The summed E-state index contributed by atoms with van der Waals surface area (Å²) in [6, 6.07) is 0.0431. The quantitative estimate of drug-likeness (QED) is 0.622. The maximum Gasteiger partial charge on any atom is 0.220 e. The van der Waals surface area contributed by atoms with E-state index in [9.17, 15) is 9.90 Å². The molecule has 0 unspecified atom stereocenters. The lowest BCUT2D eigenvalue weighted by Gasteiger charge is -2.11. The molecule has 1 fully saturated rings. The molecular weight excluding hydrogens is 194 g/mol. The first-order valence-electron chi connectivity index (χ1n) is 5.75. The first kappa shape index (κ1) is 12.5. The van der Waals surface area contributed by atoms with Crippen molar-refractivity contribution >= 4 is 5.91 Å².